The van der Waals surface area contributed by atoms with Crippen LogP contribution < -0.4 is 0 Å². The zero-order valence-corrected chi connectivity index (χ0v) is 45.4. The lowest BCUT2D eigenvalue weighted by atomic mass is 10.1. The number of hydrogen-bond donors (Lipinski definition) is 0. The van der Waals surface area contributed by atoms with E-state index in [0.717, 1.165) is 89.9 Å². The molecule has 1 atom stereocenters. The number of rotatable bonds is 54. The van der Waals surface area contributed by atoms with Crippen LogP contribution in [0, 0.1) is 0 Å². The zero-order chi connectivity index (χ0) is 49.2. The van der Waals surface area contributed by atoms with Gasteiger partial charge in [0, 0.05) is 19.4 Å². The lowest BCUT2D eigenvalue weighted by Gasteiger charge is -2.18. The lowest BCUT2D eigenvalue weighted by Crippen LogP contribution is -2.30. The Balaban J connectivity index is 4.28. The van der Waals surface area contributed by atoms with Crippen LogP contribution in [0.4, 0.5) is 0 Å². The fourth-order valence-corrected chi connectivity index (χ4v) is 8.32. The predicted octanol–water partition coefficient (Wildman–Crippen LogP) is 20.2. The first kappa shape index (κ1) is 65.3. The van der Waals surface area contributed by atoms with Crippen molar-refractivity contribution in [3.8, 4) is 0 Å². The molecule has 1 unspecified atom stereocenters. The molecule has 0 aromatic carbocycles. The van der Waals surface area contributed by atoms with E-state index in [2.05, 4.69) is 93.7 Å². The molecule has 0 radical (unpaired) electrons. The number of unbranched alkanes of at least 4 members (excludes halogenated alkanes) is 31. The standard InChI is InChI=1S/C63H112O5/c1-4-7-10-13-16-19-22-25-28-30-31-32-34-37-40-43-46-49-52-55-58-66-59-61(68-63(65)57-54-51-48-45-42-39-35-27-24-21-18-15-12-9-6-3)60-67-62(64)56-53-50-47-44-41-38-36-33-29-26-23-20-17-14-11-8-5-2/h8,11,16-17,19-20,25-29,35,61H,4-7,9-10,12-15,18,21-24,30-34,36-60H2,1-3H3/b11-8-,19-16-,20-17-,28-25-,29-26-,35-27-. The van der Waals surface area contributed by atoms with Gasteiger partial charge in [0.2, 0.25) is 0 Å². The van der Waals surface area contributed by atoms with Gasteiger partial charge in [-0.15, -0.1) is 0 Å². The van der Waals surface area contributed by atoms with E-state index in [1.54, 1.807) is 0 Å². The van der Waals surface area contributed by atoms with E-state index < -0.39 is 6.10 Å². The van der Waals surface area contributed by atoms with Gasteiger partial charge >= 0.3 is 11.9 Å². The van der Waals surface area contributed by atoms with Gasteiger partial charge < -0.3 is 14.2 Å². The minimum absolute atomic E-state index is 0.0749. The molecule has 0 aromatic rings. The molecule has 0 rings (SSSR count). The molecule has 68 heavy (non-hydrogen) atoms. The topological polar surface area (TPSA) is 61.8 Å². The van der Waals surface area contributed by atoms with Crippen molar-refractivity contribution in [2.24, 2.45) is 0 Å². The van der Waals surface area contributed by atoms with Crippen LogP contribution in [-0.2, 0) is 23.8 Å². The van der Waals surface area contributed by atoms with Crippen molar-refractivity contribution in [3.05, 3.63) is 72.9 Å². The summed E-state index contributed by atoms with van der Waals surface area (Å²) >= 11 is 0. The van der Waals surface area contributed by atoms with E-state index in [4.69, 9.17) is 14.2 Å². The fourth-order valence-electron chi connectivity index (χ4n) is 8.32. The van der Waals surface area contributed by atoms with Gasteiger partial charge in [0.15, 0.2) is 6.10 Å². The summed E-state index contributed by atoms with van der Waals surface area (Å²) in [5.41, 5.74) is 0. The van der Waals surface area contributed by atoms with Crippen LogP contribution in [0.15, 0.2) is 72.9 Å². The molecule has 0 spiro atoms. The molecule has 0 N–H and O–H groups in total. The molecule has 0 aromatic heterocycles. The Morgan fingerprint density at radius 1 is 0.338 bits per heavy atom. The minimum atomic E-state index is -0.549. The number of carbonyl (C=O) groups excluding carboxylic acids is 2. The second-order valence-corrected chi connectivity index (χ2v) is 19.5. The summed E-state index contributed by atoms with van der Waals surface area (Å²) in [5, 5.41) is 0. The van der Waals surface area contributed by atoms with Crippen LogP contribution in [0.1, 0.15) is 290 Å². The van der Waals surface area contributed by atoms with E-state index in [0.29, 0.717) is 19.4 Å². The molecule has 0 saturated carbocycles. The molecule has 5 heteroatoms. The minimum Gasteiger partial charge on any atom is -0.462 e. The van der Waals surface area contributed by atoms with Crippen LogP contribution in [0.5, 0.6) is 0 Å². The van der Waals surface area contributed by atoms with Crippen molar-refractivity contribution < 1.29 is 23.8 Å². The Morgan fingerprint density at radius 3 is 1.10 bits per heavy atom. The van der Waals surface area contributed by atoms with Crippen LogP contribution in [0.3, 0.4) is 0 Å². The van der Waals surface area contributed by atoms with Gasteiger partial charge in [-0.25, -0.2) is 0 Å². The molecule has 0 aliphatic carbocycles. The average Bonchev–Trinajstić information content (AvgIpc) is 3.34. The monoisotopic (exact) mass is 949 g/mol. The highest BCUT2D eigenvalue weighted by atomic mass is 16.6. The van der Waals surface area contributed by atoms with Crippen molar-refractivity contribution in [2.45, 2.75) is 297 Å². The Morgan fingerprint density at radius 2 is 0.662 bits per heavy atom. The number of ether oxygens (including phenoxy) is 3. The molecule has 0 fully saturated rings. The molecule has 0 saturated heterocycles. The Kier molecular flexibility index (Phi) is 56.4. The number of esters is 2. The van der Waals surface area contributed by atoms with Crippen LogP contribution in [0.25, 0.3) is 0 Å². The first-order valence-corrected chi connectivity index (χ1v) is 29.5. The van der Waals surface area contributed by atoms with Crippen LogP contribution >= 0.6 is 0 Å². The van der Waals surface area contributed by atoms with Gasteiger partial charge in [-0.2, -0.15) is 0 Å². The summed E-state index contributed by atoms with van der Waals surface area (Å²) in [6.45, 7) is 7.70. The van der Waals surface area contributed by atoms with E-state index in [9.17, 15) is 9.59 Å². The van der Waals surface area contributed by atoms with Gasteiger partial charge in [0.05, 0.1) is 6.61 Å². The largest absolute Gasteiger partial charge is 0.462 e. The number of allylic oxidation sites excluding steroid dienone is 12. The molecule has 0 amide bonds. The second kappa shape index (κ2) is 58.7. The Labute approximate surface area is 423 Å². The average molecular weight is 950 g/mol. The molecule has 0 bridgehead atoms. The maximum atomic E-state index is 12.9. The summed E-state index contributed by atoms with van der Waals surface area (Å²) in [4.78, 5) is 25.5. The molecular formula is C63H112O5. The van der Waals surface area contributed by atoms with Crippen LogP contribution in [-0.4, -0.2) is 37.9 Å². The quantitative estimate of drug-likeness (QED) is 0.0345. The second-order valence-electron chi connectivity index (χ2n) is 19.5. The molecule has 394 valence electrons. The molecule has 5 nitrogen and oxygen atoms in total. The summed E-state index contributed by atoms with van der Waals surface area (Å²) < 4.78 is 17.5. The normalized spacial score (nSPS) is 12.7. The third-order valence-corrected chi connectivity index (χ3v) is 12.7. The maximum absolute atomic E-state index is 12.9. The summed E-state index contributed by atoms with van der Waals surface area (Å²) in [5.74, 6) is -0.411. The highest BCUT2D eigenvalue weighted by Gasteiger charge is 2.17. The van der Waals surface area contributed by atoms with Gasteiger partial charge in [0.25, 0.3) is 0 Å². The fraction of sp³-hybridized carbons (Fsp3) is 0.778. The van der Waals surface area contributed by atoms with Crippen molar-refractivity contribution in [2.75, 3.05) is 19.8 Å². The number of carbonyl (C=O) groups is 2. The van der Waals surface area contributed by atoms with Crippen molar-refractivity contribution in [1.82, 2.24) is 0 Å². The molecular weight excluding hydrogens is 837 g/mol. The van der Waals surface area contributed by atoms with E-state index in [-0.39, 0.29) is 25.2 Å². The SMILES string of the molecule is CC/C=C\C/C=C\C/C=C\CCCCCCCCCC(=O)OCC(COCCCCCCCCCCCC/C=C\C/C=C\CCCCC)OC(=O)CCCCCCC/C=C\CCCCCCCC. The highest BCUT2D eigenvalue weighted by Crippen LogP contribution is 2.15. The summed E-state index contributed by atoms with van der Waals surface area (Å²) in [6, 6.07) is 0. The van der Waals surface area contributed by atoms with Crippen LogP contribution in [0.2, 0.25) is 0 Å². The smallest absolute Gasteiger partial charge is 0.306 e. The lowest BCUT2D eigenvalue weighted by molar-refractivity contribution is -0.163. The van der Waals surface area contributed by atoms with Gasteiger partial charge in [-0.3, -0.25) is 9.59 Å². The van der Waals surface area contributed by atoms with Crippen molar-refractivity contribution in [1.29, 1.82) is 0 Å². The van der Waals surface area contributed by atoms with Crippen molar-refractivity contribution in [3.63, 3.8) is 0 Å². The molecule has 0 aliphatic heterocycles. The van der Waals surface area contributed by atoms with E-state index in [1.165, 1.54) is 167 Å². The van der Waals surface area contributed by atoms with Gasteiger partial charge in [-0.1, -0.05) is 241 Å². The third kappa shape index (κ3) is 55.9. The molecule has 0 aliphatic rings. The third-order valence-electron chi connectivity index (χ3n) is 12.7. The Bertz CT molecular complexity index is 1210. The molecule has 0 heterocycles. The zero-order valence-electron chi connectivity index (χ0n) is 45.4. The van der Waals surface area contributed by atoms with Crippen molar-refractivity contribution >= 4 is 11.9 Å². The number of hydrogen-bond acceptors (Lipinski definition) is 5. The van der Waals surface area contributed by atoms with E-state index in [1.807, 2.05) is 0 Å². The van der Waals surface area contributed by atoms with Gasteiger partial charge in [0.1, 0.15) is 6.61 Å². The first-order chi connectivity index (χ1) is 33.6. The van der Waals surface area contributed by atoms with E-state index >= 15 is 0 Å². The highest BCUT2D eigenvalue weighted by molar-refractivity contribution is 5.70. The summed E-state index contributed by atoms with van der Waals surface area (Å²) in [7, 11) is 0. The summed E-state index contributed by atoms with van der Waals surface area (Å²) in [6.07, 6.45) is 76.4. The maximum Gasteiger partial charge on any atom is 0.306 e. The Hall–Kier alpha value is -2.66. The predicted molar refractivity (Wildman–Crippen MR) is 297 cm³/mol. The first-order valence-electron chi connectivity index (χ1n) is 29.5. The van der Waals surface area contributed by atoms with Gasteiger partial charge in [-0.05, 0) is 109 Å².